The van der Waals surface area contributed by atoms with Gasteiger partial charge in [-0.25, -0.2) is 18.2 Å². The first kappa shape index (κ1) is 18.2. The highest BCUT2D eigenvalue weighted by molar-refractivity contribution is 7.89. The van der Waals surface area contributed by atoms with Crippen molar-refractivity contribution in [1.82, 2.24) is 14.6 Å². The second-order valence-electron chi connectivity index (χ2n) is 5.90. The van der Waals surface area contributed by atoms with Gasteiger partial charge in [0.2, 0.25) is 10.0 Å². The maximum absolute atomic E-state index is 12.3. The average Bonchev–Trinajstić information content (AvgIpc) is 2.85. The number of urea groups is 1. The fourth-order valence-electron chi connectivity index (χ4n) is 2.31. The van der Waals surface area contributed by atoms with Crippen molar-refractivity contribution in [2.75, 3.05) is 17.6 Å². The van der Waals surface area contributed by atoms with Crippen LogP contribution in [0.2, 0.25) is 0 Å². The zero-order valence-corrected chi connectivity index (χ0v) is 15.4. The van der Waals surface area contributed by atoms with Gasteiger partial charge in [0.05, 0.1) is 11.4 Å². The molecule has 0 bridgehead atoms. The van der Waals surface area contributed by atoms with Gasteiger partial charge in [0.25, 0.3) is 0 Å². The zero-order chi connectivity index (χ0) is 17.0. The van der Waals surface area contributed by atoms with Crippen molar-refractivity contribution >= 4 is 32.5 Å². The quantitative estimate of drug-likeness (QED) is 0.813. The summed E-state index contributed by atoms with van der Waals surface area (Å²) in [6.07, 6.45) is 2.12. The molecular weight excluding hydrogens is 336 g/mol. The van der Waals surface area contributed by atoms with Crippen molar-refractivity contribution < 1.29 is 13.2 Å². The van der Waals surface area contributed by atoms with E-state index in [0.717, 1.165) is 17.0 Å². The Morgan fingerprint density at radius 3 is 2.83 bits per heavy atom. The van der Waals surface area contributed by atoms with E-state index in [1.165, 1.54) is 15.6 Å². The molecule has 1 aliphatic rings. The summed E-state index contributed by atoms with van der Waals surface area (Å²) in [4.78, 5) is 17.0. The average molecular weight is 361 g/mol. The van der Waals surface area contributed by atoms with Gasteiger partial charge in [-0.2, -0.15) is 4.31 Å². The number of amides is 2. The summed E-state index contributed by atoms with van der Waals surface area (Å²) in [6, 6.07) is -0.248. The normalized spacial score (nSPS) is 15.5. The first-order valence-electron chi connectivity index (χ1n) is 7.85. The molecule has 9 heteroatoms. The Hall–Kier alpha value is -1.19. The number of aromatic nitrogens is 1. The lowest BCUT2D eigenvalue weighted by molar-refractivity contribution is 0.250. The molecule has 0 saturated heterocycles. The Bertz CT molecular complexity index is 655. The van der Waals surface area contributed by atoms with Crippen molar-refractivity contribution in [2.45, 2.75) is 52.6 Å². The number of anilines is 1. The highest BCUT2D eigenvalue weighted by Crippen LogP contribution is 2.29. The number of carbonyl (C=O) groups excluding carboxylic acids is 1. The van der Waals surface area contributed by atoms with Crippen LogP contribution in [0, 0.1) is 0 Å². The molecular formula is C14H24N4O3S2. The molecule has 0 fully saturated rings. The number of hydrogen-bond donors (Lipinski definition) is 2. The minimum atomic E-state index is -3.21. The van der Waals surface area contributed by atoms with Crippen LogP contribution in [0.15, 0.2) is 0 Å². The fourth-order valence-corrected chi connectivity index (χ4v) is 5.02. The van der Waals surface area contributed by atoms with Crippen molar-refractivity contribution in [3.8, 4) is 0 Å². The van der Waals surface area contributed by atoms with Crippen LogP contribution in [0.25, 0.3) is 0 Å². The van der Waals surface area contributed by atoms with Crippen LogP contribution in [-0.4, -0.2) is 42.1 Å². The summed E-state index contributed by atoms with van der Waals surface area (Å²) in [5, 5.41) is 5.96. The van der Waals surface area contributed by atoms with Gasteiger partial charge in [-0.1, -0.05) is 24.7 Å². The summed E-state index contributed by atoms with van der Waals surface area (Å²) in [7, 11) is -3.21. The Morgan fingerprint density at radius 2 is 2.17 bits per heavy atom. The number of rotatable bonds is 6. The predicted octanol–water partition coefficient (Wildman–Crippen LogP) is 2.16. The molecule has 0 atom stereocenters. The van der Waals surface area contributed by atoms with Crippen molar-refractivity contribution in [3.63, 3.8) is 0 Å². The second kappa shape index (κ2) is 7.59. The number of fused-ring (bicyclic) bond motifs is 1. The van der Waals surface area contributed by atoms with Gasteiger partial charge in [0.1, 0.15) is 0 Å². The number of unbranched alkanes of at least 4 members (excludes halogenated alkanes) is 1. The molecule has 0 saturated carbocycles. The van der Waals surface area contributed by atoms with E-state index in [1.54, 1.807) is 0 Å². The highest BCUT2D eigenvalue weighted by atomic mass is 32.2. The lowest BCUT2D eigenvalue weighted by atomic mass is 10.2. The third kappa shape index (κ3) is 4.89. The van der Waals surface area contributed by atoms with Crippen LogP contribution >= 0.6 is 11.3 Å². The number of nitrogens with one attached hydrogen (secondary N) is 2. The minimum Gasteiger partial charge on any atom is -0.336 e. The van der Waals surface area contributed by atoms with Gasteiger partial charge in [0, 0.05) is 30.4 Å². The van der Waals surface area contributed by atoms with Crippen LogP contribution in [0.5, 0.6) is 0 Å². The molecule has 23 heavy (non-hydrogen) atoms. The lowest BCUT2D eigenvalue weighted by Crippen LogP contribution is -2.37. The van der Waals surface area contributed by atoms with E-state index in [4.69, 9.17) is 0 Å². The molecule has 0 radical (unpaired) electrons. The molecule has 1 aliphatic heterocycles. The monoisotopic (exact) mass is 360 g/mol. The van der Waals surface area contributed by atoms with Crippen molar-refractivity contribution in [3.05, 3.63) is 10.6 Å². The van der Waals surface area contributed by atoms with Crippen LogP contribution < -0.4 is 10.6 Å². The highest BCUT2D eigenvalue weighted by Gasteiger charge is 2.28. The van der Waals surface area contributed by atoms with Crippen LogP contribution in [0.3, 0.4) is 0 Å². The summed E-state index contributed by atoms with van der Waals surface area (Å²) < 4.78 is 26.1. The Labute approximate surface area is 141 Å². The topological polar surface area (TPSA) is 91.4 Å². The van der Waals surface area contributed by atoms with Gasteiger partial charge in [-0.3, -0.25) is 5.32 Å². The smallest absolute Gasteiger partial charge is 0.321 e. The van der Waals surface area contributed by atoms with E-state index in [2.05, 4.69) is 15.6 Å². The third-order valence-corrected chi connectivity index (χ3v) is 6.39. The predicted molar refractivity (Wildman–Crippen MR) is 92.2 cm³/mol. The van der Waals surface area contributed by atoms with Crippen molar-refractivity contribution in [1.29, 1.82) is 0 Å². The second-order valence-corrected chi connectivity index (χ2v) is 9.07. The Balaban J connectivity index is 2.03. The molecule has 2 N–H and O–H groups in total. The molecule has 7 nitrogen and oxygen atoms in total. The molecule has 0 unspecified atom stereocenters. The first-order valence-corrected chi connectivity index (χ1v) is 10.3. The SMILES string of the molecule is CCCCS(=O)(=O)N1CCc2nc(NC(=O)NC(C)C)sc2C1. The first-order chi connectivity index (χ1) is 10.8. The van der Waals surface area contributed by atoms with Crippen LogP contribution in [0.4, 0.5) is 9.93 Å². The number of sulfonamides is 1. The standard InChI is InChI=1S/C14H24N4O3S2/c1-4-5-8-23(20,21)18-7-6-11-12(9-18)22-14(16-11)17-13(19)15-10(2)3/h10H,4-9H2,1-3H3,(H2,15,16,17,19). The van der Waals surface area contributed by atoms with Crippen LogP contribution in [0.1, 0.15) is 44.2 Å². The largest absolute Gasteiger partial charge is 0.336 e. The molecule has 0 spiro atoms. The van der Waals surface area contributed by atoms with Crippen LogP contribution in [-0.2, 0) is 23.0 Å². The van der Waals surface area contributed by atoms with Gasteiger partial charge in [-0.05, 0) is 20.3 Å². The number of nitrogens with zero attached hydrogens (tertiary/aromatic N) is 2. The van der Waals surface area contributed by atoms with Gasteiger partial charge in [-0.15, -0.1) is 0 Å². The summed E-state index contributed by atoms with van der Waals surface area (Å²) in [5.41, 5.74) is 0.886. The summed E-state index contributed by atoms with van der Waals surface area (Å²) in [6.45, 7) is 6.55. The molecule has 1 aromatic heterocycles. The number of carbonyl (C=O) groups is 1. The van der Waals surface area contributed by atoms with E-state index in [0.29, 0.717) is 31.1 Å². The fraction of sp³-hybridized carbons (Fsp3) is 0.714. The van der Waals surface area contributed by atoms with E-state index >= 15 is 0 Å². The van der Waals surface area contributed by atoms with Gasteiger partial charge < -0.3 is 5.32 Å². The lowest BCUT2D eigenvalue weighted by Gasteiger charge is -2.25. The van der Waals surface area contributed by atoms with Crippen molar-refractivity contribution in [2.24, 2.45) is 0 Å². The van der Waals surface area contributed by atoms with E-state index in [-0.39, 0.29) is 17.8 Å². The third-order valence-electron chi connectivity index (χ3n) is 3.49. The molecule has 0 aromatic carbocycles. The molecule has 2 rings (SSSR count). The van der Waals surface area contributed by atoms with Gasteiger partial charge in [0.15, 0.2) is 5.13 Å². The summed E-state index contributed by atoms with van der Waals surface area (Å²) >= 11 is 1.35. The Morgan fingerprint density at radius 1 is 1.43 bits per heavy atom. The molecule has 2 amide bonds. The molecule has 2 heterocycles. The molecule has 0 aliphatic carbocycles. The van der Waals surface area contributed by atoms with Gasteiger partial charge >= 0.3 is 6.03 Å². The van der Waals surface area contributed by atoms with E-state index < -0.39 is 10.0 Å². The Kier molecular flexibility index (Phi) is 5.99. The summed E-state index contributed by atoms with van der Waals surface area (Å²) in [5.74, 6) is 0.194. The minimum absolute atomic E-state index is 0.0452. The van der Waals surface area contributed by atoms with E-state index in [1.807, 2.05) is 20.8 Å². The maximum atomic E-state index is 12.3. The maximum Gasteiger partial charge on any atom is 0.321 e. The number of thiazole rings is 1. The zero-order valence-electron chi connectivity index (χ0n) is 13.8. The van der Waals surface area contributed by atoms with E-state index in [9.17, 15) is 13.2 Å². The molecule has 130 valence electrons. The molecule has 1 aromatic rings. The number of hydrogen-bond acceptors (Lipinski definition) is 5.